The van der Waals surface area contributed by atoms with E-state index in [0.29, 0.717) is 19.4 Å². The zero-order chi connectivity index (χ0) is 14.4. The van der Waals surface area contributed by atoms with Gasteiger partial charge in [0.05, 0.1) is 0 Å². The minimum absolute atomic E-state index is 0.0494. The first-order chi connectivity index (χ1) is 8.15. The maximum absolute atomic E-state index is 12.1. The summed E-state index contributed by atoms with van der Waals surface area (Å²) in [7, 11) is -4.32. The molecule has 0 saturated carbocycles. The minimum atomic E-state index is -5.53. The highest BCUT2D eigenvalue weighted by Crippen LogP contribution is 2.22. The Morgan fingerprint density at radius 2 is 1.89 bits per heavy atom. The average molecular weight is 291 g/mol. The van der Waals surface area contributed by atoms with E-state index < -0.39 is 27.5 Å². The summed E-state index contributed by atoms with van der Waals surface area (Å²) < 4.78 is 59.5. The van der Waals surface area contributed by atoms with Crippen molar-refractivity contribution < 1.29 is 26.4 Å². The topological polar surface area (TPSA) is 101 Å². The number of likely N-dealkylation sites (N-methyl/N-ethyl adjacent to an activating group) is 1. The number of sulfonamides is 1. The van der Waals surface area contributed by atoms with Crippen LogP contribution in [0.15, 0.2) is 0 Å². The van der Waals surface area contributed by atoms with Crippen LogP contribution >= 0.6 is 0 Å². The Labute approximate surface area is 103 Å². The van der Waals surface area contributed by atoms with Gasteiger partial charge in [0.2, 0.25) is 5.91 Å². The highest BCUT2D eigenvalue weighted by Gasteiger charge is 2.47. The van der Waals surface area contributed by atoms with E-state index in [0.717, 1.165) is 0 Å². The summed E-state index contributed by atoms with van der Waals surface area (Å²) in [6.07, 6.45) is 0.780. The van der Waals surface area contributed by atoms with Gasteiger partial charge in [-0.25, -0.2) is 8.42 Å². The number of carbonyl (C=O) groups is 1. The predicted molar refractivity (Wildman–Crippen MR) is 58.9 cm³/mol. The maximum atomic E-state index is 12.1. The molecule has 0 heterocycles. The lowest BCUT2D eigenvalue weighted by Gasteiger charge is -2.18. The van der Waals surface area contributed by atoms with Crippen molar-refractivity contribution in [2.45, 2.75) is 30.8 Å². The van der Waals surface area contributed by atoms with Gasteiger partial charge >= 0.3 is 15.5 Å². The third-order valence-electron chi connectivity index (χ3n) is 2.11. The second-order valence-corrected chi connectivity index (χ2v) is 5.22. The van der Waals surface area contributed by atoms with Gasteiger partial charge in [0.25, 0.3) is 0 Å². The fraction of sp³-hybridized carbons (Fsp3) is 0.875. The molecule has 0 aliphatic carbocycles. The maximum Gasteiger partial charge on any atom is 0.511 e. The number of alkyl halides is 3. The van der Waals surface area contributed by atoms with Crippen LogP contribution < -0.4 is 15.8 Å². The molecule has 0 rings (SSSR count). The number of hydrogen-bond acceptors (Lipinski definition) is 4. The van der Waals surface area contributed by atoms with Gasteiger partial charge in [0, 0.05) is 7.05 Å². The van der Waals surface area contributed by atoms with Crippen LogP contribution in [-0.4, -0.2) is 39.5 Å². The molecule has 0 aromatic carbocycles. The van der Waals surface area contributed by atoms with Gasteiger partial charge in [-0.3, -0.25) is 4.79 Å². The summed E-state index contributed by atoms with van der Waals surface area (Å²) in [5.41, 5.74) is -0.237. The zero-order valence-corrected chi connectivity index (χ0v) is 10.6. The lowest BCUT2D eigenvalue weighted by Crippen LogP contribution is -2.49. The summed E-state index contributed by atoms with van der Waals surface area (Å²) in [6, 6.07) is -1.45. The number of rotatable bonds is 7. The largest absolute Gasteiger partial charge is 0.511 e. The van der Waals surface area contributed by atoms with E-state index in [9.17, 15) is 26.4 Å². The average Bonchev–Trinajstić information content (AvgIpc) is 2.25. The number of halogens is 3. The van der Waals surface area contributed by atoms with E-state index in [1.165, 1.54) is 11.8 Å². The van der Waals surface area contributed by atoms with Crippen LogP contribution in [0.5, 0.6) is 0 Å². The monoisotopic (exact) mass is 291 g/mol. The van der Waals surface area contributed by atoms with E-state index in [2.05, 4.69) is 5.32 Å². The molecule has 1 atom stereocenters. The second-order valence-electron chi connectivity index (χ2n) is 3.52. The molecule has 0 aliphatic rings. The molecule has 0 aromatic rings. The Morgan fingerprint density at radius 3 is 2.28 bits per heavy atom. The minimum Gasteiger partial charge on any atom is -0.358 e. The molecule has 0 aromatic heterocycles. The molecule has 0 unspecified atom stereocenters. The van der Waals surface area contributed by atoms with Crippen LogP contribution in [0.3, 0.4) is 0 Å². The van der Waals surface area contributed by atoms with E-state index >= 15 is 0 Å². The van der Waals surface area contributed by atoms with Gasteiger partial charge in [-0.15, -0.1) is 0 Å². The first kappa shape index (κ1) is 17.1. The molecule has 0 radical (unpaired) electrons. The van der Waals surface area contributed by atoms with Crippen molar-refractivity contribution in [2.24, 2.45) is 5.73 Å². The SMILES string of the molecule is CNC(=O)[C@H](CCCCN)NS(=O)(=O)C(F)(F)F. The van der Waals surface area contributed by atoms with Gasteiger partial charge in [0.1, 0.15) is 6.04 Å². The Balaban J connectivity index is 4.75. The summed E-state index contributed by atoms with van der Waals surface area (Å²) in [5.74, 6) is -0.820. The molecule has 0 saturated heterocycles. The Kier molecular flexibility index (Phi) is 6.57. The van der Waals surface area contributed by atoms with Crippen molar-refractivity contribution >= 4 is 15.9 Å². The molecule has 0 bridgehead atoms. The van der Waals surface area contributed by atoms with E-state index in [4.69, 9.17) is 5.73 Å². The fourth-order valence-corrected chi connectivity index (χ4v) is 1.90. The predicted octanol–water partition coefficient (Wildman–Crippen LogP) is -0.331. The number of nitrogens with one attached hydrogen (secondary N) is 2. The van der Waals surface area contributed by atoms with Gasteiger partial charge in [-0.05, 0) is 19.4 Å². The van der Waals surface area contributed by atoms with Crippen molar-refractivity contribution in [3.8, 4) is 0 Å². The standard InChI is InChI=1S/C8H16F3N3O3S/c1-13-7(15)6(4-2-3-5-12)14-18(16,17)8(9,10)11/h6,14H,2-5,12H2,1H3,(H,13,15)/t6-/m0/s1. The molecule has 108 valence electrons. The molecule has 1 amide bonds. The van der Waals surface area contributed by atoms with Gasteiger partial charge < -0.3 is 11.1 Å². The Bertz CT molecular complexity index is 370. The lowest BCUT2D eigenvalue weighted by molar-refractivity contribution is -0.122. The second kappa shape index (κ2) is 6.90. The summed E-state index contributed by atoms with van der Waals surface area (Å²) in [6.45, 7) is 0.312. The van der Waals surface area contributed by atoms with Crippen molar-refractivity contribution in [1.29, 1.82) is 0 Å². The van der Waals surface area contributed by atoms with E-state index in [1.54, 1.807) is 0 Å². The van der Waals surface area contributed by atoms with Crippen LogP contribution in [0.4, 0.5) is 13.2 Å². The van der Waals surface area contributed by atoms with E-state index in [1.807, 2.05) is 0 Å². The highest BCUT2D eigenvalue weighted by atomic mass is 32.2. The molecule has 4 N–H and O–H groups in total. The van der Waals surface area contributed by atoms with Gasteiger partial charge in [-0.1, -0.05) is 6.42 Å². The molecule has 10 heteroatoms. The number of amides is 1. The third kappa shape index (κ3) is 5.19. The fourth-order valence-electron chi connectivity index (χ4n) is 1.16. The van der Waals surface area contributed by atoms with E-state index in [-0.39, 0.29) is 6.42 Å². The smallest absolute Gasteiger partial charge is 0.358 e. The van der Waals surface area contributed by atoms with Crippen molar-refractivity contribution in [3.63, 3.8) is 0 Å². The van der Waals surface area contributed by atoms with Gasteiger partial charge in [-0.2, -0.15) is 17.9 Å². The number of hydrogen-bond donors (Lipinski definition) is 3. The Morgan fingerprint density at radius 1 is 1.33 bits per heavy atom. The van der Waals surface area contributed by atoms with Crippen LogP contribution in [0.2, 0.25) is 0 Å². The first-order valence-electron chi connectivity index (χ1n) is 5.16. The van der Waals surface area contributed by atoms with Gasteiger partial charge in [0.15, 0.2) is 0 Å². The molecular weight excluding hydrogens is 275 g/mol. The van der Waals surface area contributed by atoms with Crippen LogP contribution in [-0.2, 0) is 14.8 Å². The normalized spacial score (nSPS) is 14.3. The molecule has 6 nitrogen and oxygen atoms in total. The summed E-state index contributed by atoms with van der Waals surface area (Å²) in [5, 5.41) is 2.10. The molecule has 0 aliphatic heterocycles. The zero-order valence-electron chi connectivity index (χ0n) is 9.75. The lowest BCUT2D eigenvalue weighted by atomic mass is 10.1. The number of carbonyl (C=O) groups excluding carboxylic acids is 1. The van der Waals surface area contributed by atoms with Crippen LogP contribution in [0.1, 0.15) is 19.3 Å². The number of unbranched alkanes of at least 4 members (excludes halogenated alkanes) is 1. The number of nitrogens with two attached hydrogens (primary N) is 1. The van der Waals surface area contributed by atoms with Crippen molar-refractivity contribution in [1.82, 2.24) is 10.0 Å². The third-order valence-corrected chi connectivity index (χ3v) is 3.32. The summed E-state index contributed by atoms with van der Waals surface area (Å²) >= 11 is 0. The summed E-state index contributed by atoms with van der Waals surface area (Å²) in [4.78, 5) is 11.3. The molecule has 0 fully saturated rings. The van der Waals surface area contributed by atoms with Crippen LogP contribution in [0.25, 0.3) is 0 Å². The molecule has 0 spiro atoms. The highest BCUT2D eigenvalue weighted by molar-refractivity contribution is 7.90. The molecular formula is C8H16F3N3O3S. The quantitative estimate of drug-likeness (QED) is 0.559. The van der Waals surface area contributed by atoms with Crippen molar-refractivity contribution in [2.75, 3.05) is 13.6 Å². The molecule has 18 heavy (non-hydrogen) atoms. The first-order valence-corrected chi connectivity index (χ1v) is 6.64. The van der Waals surface area contributed by atoms with Crippen molar-refractivity contribution in [3.05, 3.63) is 0 Å². The Hall–Kier alpha value is -0.870. The van der Waals surface area contributed by atoms with Crippen LogP contribution in [0, 0.1) is 0 Å².